The Balaban J connectivity index is 2.30. The van der Waals surface area contributed by atoms with Crippen LogP contribution in [0.3, 0.4) is 0 Å². The smallest absolute Gasteiger partial charge is 0.257 e. The third-order valence-corrected chi connectivity index (χ3v) is 3.07. The van der Waals surface area contributed by atoms with Crippen molar-refractivity contribution in [1.29, 1.82) is 0 Å². The summed E-state index contributed by atoms with van der Waals surface area (Å²) >= 11 is 11.6. The second kappa shape index (κ2) is 6.11. The number of amides is 1. The molecule has 0 aliphatic carbocycles. The first kappa shape index (κ1) is 14.6. The van der Waals surface area contributed by atoms with Gasteiger partial charge in [-0.2, -0.15) is 0 Å². The summed E-state index contributed by atoms with van der Waals surface area (Å²) in [5, 5.41) is 6.12. The fourth-order valence-electron chi connectivity index (χ4n) is 1.75. The van der Waals surface area contributed by atoms with Gasteiger partial charge in [0.25, 0.3) is 5.91 Å². The van der Waals surface area contributed by atoms with Gasteiger partial charge < -0.3 is 10.6 Å². The molecule has 1 amide bonds. The molecule has 0 atom stereocenters. The predicted molar refractivity (Wildman–Crippen MR) is 80.4 cm³/mol. The van der Waals surface area contributed by atoms with E-state index in [-0.39, 0.29) is 10.7 Å². The molecule has 0 saturated carbocycles. The van der Waals surface area contributed by atoms with Gasteiger partial charge in [0.1, 0.15) is 5.82 Å². The zero-order valence-corrected chi connectivity index (χ0v) is 12.0. The van der Waals surface area contributed by atoms with E-state index >= 15 is 0 Å². The monoisotopic (exact) mass is 312 g/mol. The van der Waals surface area contributed by atoms with Crippen LogP contribution in [0.5, 0.6) is 0 Å². The number of nitrogens with one attached hydrogen (secondary N) is 2. The Morgan fingerprint density at radius 1 is 1.10 bits per heavy atom. The lowest BCUT2D eigenvalue weighted by atomic mass is 10.1. The number of rotatable bonds is 3. The molecular formula is C14H11Cl2FN2O. The molecule has 0 fully saturated rings. The van der Waals surface area contributed by atoms with Crippen molar-refractivity contribution >= 4 is 40.5 Å². The fraction of sp³-hybridized carbons (Fsp3) is 0.0714. The van der Waals surface area contributed by atoms with E-state index in [1.54, 1.807) is 19.2 Å². The van der Waals surface area contributed by atoms with Crippen molar-refractivity contribution in [3.05, 3.63) is 57.8 Å². The van der Waals surface area contributed by atoms with E-state index in [9.17, 15) is 9.18 Å². The minimum absolute atomic E-state index is 0.209. The van der Waals surface area contributed by atoms with E-state index in [1.165, 1.54) is 18.2 Å². The Morgan fingerprint density at radius 3 is 2.50 bits per heavy atom. The third-order valence-electron chi connectivity index (χ3n) is 2.62. The molecule has 2 aromatic carbocycles. The van der Waals surface area contributed by atoms with Crippen molar-refractivity contribution in [3.63, 3.8) is 0 Å². The standard InChI is InChI=1S/C14H11Cl2FN2O/c1-18-13-3-2-8(15)6-12(13)14(20)19-11-5-9(16)4-10(17)7-11/h2-7,18H,1H3,(H,19,20). The van der Waals surface area contributed by atoms with Crippen LogP contribution in [0.4, 0.5) is 15.8 Å². The number of halogens is 3. The maximum atomic E-state index is 13.2. The average molecular weight is 313 g/mol. The van der Waals surface area contributed by atoms with Gasteiger partial charge in [-0.15, -0.1) is 0 Å². The first-order chi connectivity index (χ1) is 9.49. The van der Waals surface area contributed by atoms with Crippen molar-refractivity contribution in [2.24, 2.45) is 0 Å². The zero-order chi connectivity index (χ0) is 14.7. The number of benzene rings is 2. The SMILES string of the molecule is CNc1ccc(Cl)cc1C(=O)Nc1cc(F)cc(Cl)c1. The molecule has 6 heteroatoms. The average Bonchev–Trinajstić information content (AvgIpc) is 2.37. The second-order valence-corrected chi connectivity index (χ2v) is 4.93. The Hall–Kier alpha value is -1.78. The molecule has 104 valence electrons. The lowest BCUT2D eigenvalue weighted by molar-refractivity contribution is 0.102. The number of carbonyl (C=O) groups excluding carboxylic acids is 1. The number of hydrogen-bond donors (Lipinski definition) is 2. The van der Waals surface area contributed by atoms with Gasteiger partial charge >= 0.3 is 0 Å². The molecule has 0 radical (unpaired) electrons. The van der Waals surface area contributed by atoms with Gasteiger partial charge in [0.05, 0.1) is 5.56 Å². The van der Waals surface area contributed by atoms with Gasteiger partial charge in [-0.05, 0) is 36.4 Å². The van der Waals surface area contributed by atoms with Gasteiger partial charge in [-0.1, -0.05) is 23.2 Å². The van der Waals surface area contributed by atoms with Crippen LogP contribution in [0.15, 0.2) is 36.4 Å². The summed E-state index contributed by atoms with van der Waals surface area (Å²) in [7, 11) is 1.69. The van der Waals surface area contributed by atoms with E-state index in [2.05, 4.69) is 10.6 Å². The van der Waals surface area contributed by atoms with Gasteiger partial charge in [-0.3, -0.25) is 4.79 Å². The quantitative estimate of drug-likeness (QED) is 0.880. The first-order valence-corrected chi connectivity index (χ1v) is 6.50. The summed E-state index contributed by atoms with van der Waals surface area (Å²) in [6.07, 6.45) is 0. The fourth-order valence-corrected chi connectivity index (χ4v) is 2.14. The molecule has 0 unspecified atom stereocenters. The Morgan fingerprint density at radius 2 is 1.85 bits per heavy atom. The van der Waals surface area contributed by atoms with Crippen molar-refractivity contribution in [2.75, 3.05) is 17.7 Å². The highest BCUT2D eigenvalue weighted by molar-refractivity contribution is 6.31. The van der Waals surface area contributed by atoms with Crippen molar-refractivity contribution in [2.45, 2.75) is 0 Å². The highest BCUT2D eigenvalue weighted by Crippen LogP contribution is 2.23. The summed E-state index contributed by atoms with van der Waals surface area (Å²) in [6, 6.07) is 8.71. The molecule has 0 bridgehead atoms. The lowest BCUT2D eigenvalue weighted by Gasteiger charge is -2.10. The summed E-state index contributed by atoms with van der Waals surface area (Å²) in [6.45, 7) is 0. The maximum Gasteiger partial charge on any atom is 0.257 e. The van der Waals surface area contributed by atoms with E-state index in [0.29, 0.717) is 16.3 Å². The molecule has 2 N–H and O–H groups in total. The van der Waals surface area contributed by atoms with Crippen LogP contribution in [0, 0.1) is 5.82 Å². The molecule has 2 aromatic rings. The number of anilines is 2. The molecule has 0 saturated heterocycles. The van der Waals surface area contributed by atoms with Gasteiger partial charge in [0, 0.05) is 28.5 Å². The third kappa shape index (κ3) is 3.40. The van der Waals surface area contributed by atoms with Crippen LogP contribution in [-0.4, -0.2) is 13.0 Å². The largest absolute Gasteiger partial charge is 0.387 e. The van der Waals surface area contributed by atoms with E-state index in [1.807, 2.05) is 0 Å². The van der Waals surface area contributed by atoms with E-state index in [0.717, 1.165) is 6.07 Å². The molecule has 20 heavy (non-hydrogen) atoms. The Labute approximate surface area is 125 Å². The molecular weight excluding hydrogens is 302 g/mol. The highest BCUT2D eigenvalue weighted by atomic mass is 35.5. The van der Waals surface area contributed by atoms with E-state index < -0.39 is 11.7 Å². The zero-order valence-electron chi connectivity index (χ0n) is 10.5. The maximum absolute atomic E-state index is 13.2. The van der Waals surface area contributed by atoms with Crippen LogP contribution >= 0.6 is 23.2 Å². The highest BCUT2D eigenvalue weighted by Gasteiger charge is 2.12. The van der Waals surface area contributed by atoms with Crippen molar-refractivity contribution in [1.82, 2.24) is 0 Å². The molecule has 0 aliphatic heterocycles. The topological polar surface area (TPSA) is 41.1 Å². The van der Waals surface area contributed by atoms with Crippen LogP contribution in [0.1, 0.15) is 10.4 Å². The Bertz CT molecular complexity index is 641. The predicted octanol–water partition coefficient (Wildman–Crippen LogP) is 4.43. The van der Waals surface area contributed by atoms with Crippen molar-refractivity contribution < 1.29 is 9.18 Å². The number of carbonyl (C=O) groups is 1. The molecule has 2 rings (SSSR count). The molecule has 0 aliphatic rings. The Kier molecular flexibility index (Phi) is 4.47. The molecule has 3 nitrogen and oxygen atoms in total. The summed E-state index contributed by atoms with van der Waals surface area (Å²) in [5.41, 5.74) is 1.26. The van der Waals surface area contributed by atoms with E-state index in [4.69, 9.17) is 23.2 Å². The first-order valence-electron chi connectivity index (χ1n) is 5.74. The minimum atomic E-state index is -0.521. The van der Waals surface area contributed by atoms with Crippen LogP contribution in [0.2, 0.25) is 10.0 Å². The van der Waals surface area contributed by atoms with Gasteiger partial charge in [0.2, 0.25) is 0 Å². The number of hydrogen-bond acceptors (Lipinski definition) is 2. The summed E-state index contributed by atoms with van der Waals surface area (Å²) in [4.78, 5) is 12.2. The molecule has 0 heterocycles. The van der Waals surface area contributed by atoms with Gasteiger partial charge in [0.15, 0.2) is 0 Å². The normalized spacial score (nSPS) is 10.2. The van der Waals surface area contributed by atoms with Crippen LogP contribution in [0.25, 0.3) is 0 Å². The molecule has 0 aromatic heterocycles. The second-order valence-electron chi connectivity index (χ2n) is 4.05. The van der Waals surface area contributed by atoms with Crippen LogP contribution in [-0.2, 0) is 0 Å². The van der Waals surface area contributed by atoms with Gasteiger partial charge in [-0.25, -0.2) is 4.39 Å². The van der Waals surface area contributed by atoms with Crippen molar-refractivity contribution in [3.8, 4) is 0 Å². The lowest BCUT2D eigenvalue weighted by Crippen LogP contribution is -2.14. The summed E-state index contributed by atoms with van der Waals surface area (Å²) in [5.74, 6) is -0.925. The van der Waals surface area contributed by atoms with Crippen LogP contribution < -0.4 is 10.6 Å². The minimum Gasteiger partial charge on any atom is -0.387 e. The summed E-state index contributed by atoms with van der Waals surface area (Å²) < 4.78 is 13.2. The molecule has 0 spiro atoms.